The Hall–Kier alpha value is -2.11. The van der Waals surface area contributed by atoms with Gasteiger partial charge in [0.05, 0.1) is 6.54 Å². The minimum Gasteiger partial charge on any atom is -0.445 e. The van der Waals surface area contributed by atoms with Crippen molar-refractivity contribution in [3.63, 3.8) is 0 Å². The molecule has 2 atom stereocenters. The van der Waals surface area contributed by atoms with Crippen molar-refractivity contribution in [2.75, 3.05) is 13.1 Å². The lowest BCUT2D eigenvalue weighted by molar-refractivity contribution is -0.125. The summed E-state index contributed by atoms with van der Waals surface area (Å²) in [7, 11) is 0. The summed E-state index contributed by atoms with van der Waals surface area (Å²) in [6.07, 6.45) is -0.000662. The topological polar surface area (TPSA) is 58.6 Å². The van der Waals surface area contributed by atoms with E-state index in [2.05, 4.69) is 5.32 Å². The van der Waals surface area contributed by atoms with Gasteiger partial charge in [0.1, 0.15) is 18.8 Å². The molecule has 6 heteroatoms. The van der Waals surface area contributed by atoms with Crippen LogP contribution in [0.15, 0.2) is 30.3 Å². The maximum absolute atomic E-state index is 13.7. The number of hydrogen-bond acceptors (Lipinski definition) is 3. The van der Waals surface area contributed by atoms with Gasteiger partial charge < -0.3 is 10.1 Å². The molecule has 0 aliphatic carbocycles. The first-order chi connectivity index (χ1) is 11.1. The fourth-order valence-corrected chi connectivity index (χ4v) is 2.54. The van der Waals surface area contributed by atoms with Crippen molar-refractivity contribution in [1.82, 2.24) is 10.2 Å². The molecule has 5 nitrogen and oxygen atoms in total. The number of amides is 2. The Labute approximate surface area is 135 Å². The molecule has 0 spiro atoms. The van der Waals surface area contributed by atoms with Crippen molar-refractivity contribution < 1.29 is 18.7 Å². The van der Waals surface area contributed by atoms with E-state index in [0.29, 0.717) is 6.54 Å². The minimum atomic E-state index is -1.19. The molecule has 0 unspecified atom stereocenters. The van der Waals surface area contributed by atoms with Gasteiger partial charge >= 0.3 is 6.09 Å². The second kappa shape index (κ2) is 8.50. The average molecular weight is 322 g/mol. The van der Waals surface area contributed by atoms with Crippen LogP contribution in [-0.4, -0.2) is 42.2 Å². The van der Waals surface area contributed by atoms with Gasteiger partial charge in [-0.1, -0.05) is 43.7 Å². The Morgan fingerprint density at radius 2 is 2.09 bits per heavy atom. The molecule has 1 fully saturated rings. The van der Waals surface area contributed by atoms with Gasteiger partial charge in [-0.3, -0.25) is 9.69 Å². The third-order valence-corrected chi connectivity index (χ3v) is 3.82. The quantitative estimate of drug-likeness (QED) is 0.819. The summed E-state index contributed by atoms with van der Waals surface area (Å²) in [5, 5.41) is 2.75. The number of nitrogens with zero attached hydrogens (tertiary/aromatic N) is 1. The van der Waals surface area contributed by atoms with E-state index in [0.717, 1.165) is 18.4 Å². The van der Waals surface area contributed by atoms with E-state index in [1.54, 1.807) is 0 Å². The second-order valence-corrected chi connectivity index (χ2v) is 5.69. The first-order valence-electron chi connectivity index (χ1n) is 8.01. The zero-order valence-electron chi connectivity index (χ0n) is 13.3. The number of halogens is 1. The van der Waals surface area contributed by atoms with Crippen LogP contribution in [0.2, 0.25) is 0 Å². The standard InChI is InChI=1S/C17H23FN2O3/c1-2-3-9-19-16(21)15-10-14(18)11-20(15)17(22)23-12-13-7-5-4-6-8-13/h4-8,14-15H,2-3,9-12H2,1H3,(H,19,21)/t14-,15-/m0/s1. The van der Waals surface area contributed by atoms with Crippen molar-refractivity contribution >= 4 is 12.0 Å². The number of unbranched alkanes of at least 4 members (excludes halogenated alkanes) is 1. The van der Waals surface area contributed by atoms with Crippen molar-refractivity contribution in [3.05, 3.63) is 35.9 Å². The normalized spacial score (nSPS) is 20.3. The van der Waals surface area contributed by atoms with Crippen molar-refractivity contribution in [2.24, 2.45) is 0 Å². The zero-order valence-corrected chi connectivity index (χ0v) is 13.3. The molecular formula is C17H23FN2O3. The fourth-order valence-electron chi connectivity index (χ4n) is 2.54. The molecule has 1 N–H and O–H groups in total. The van der Waals surface area contributed by atoms with E-state index in [1.807, 2.05) is 37.3 Å². The van der Waals surface area contributed by atoms with Crippen molar-refractivity contribution in [1.29, 1.82) is 0 Å². The molecule has 0 aromatic heterocycles. The molecule has 1 heterocycles. The number of carbonyl (C=O) groups excluding carboxylic acids is 2. The molecule has 0 saturated carbocycles. The van der Waals surface area contributed by atoms with E-state index in [9.17, 15) is 14.0 Å². The summed E-state index contributed by atoms with van der Waals surface area (Å²) in [6.45, 7) is 2.57. The van der Waals surface area contributed by atoms with E-state index in [1.165, 1.54) is 4.90 Å². The molecule has 126 valence electrons. The molecule has 2 amide bonds. The average Bonchev–Trinajstić information content (AvgIpc) is 2.96. The van der Waals surface area contributed by atoms with Gasteiger partial charge in [0.2, 0.25) is 5.91 Å². The smallest absolute Gasteiger partial charge is 0.410 e. The van der Waals surface area contributed by atoms with Gasteiger partial charge in [0, 0.05) is 13.0 Å². The van der Waals surface area contributed by atoms with Crippen LogP contribution in [0, 0.1) is 0 Å². The van der Waals surface area contributed by atoms with Crippen LogP contribution in [0.1, 0.15) is 31.7 Å². The van der Waals surface area contributed by atoms with Crippen LogP contribution in [0.5, 0.6) is 0 Å². The predicted octanol–water partition coefficient (Wildman–Crippen LogP) is 2.65. The Bertz CT molecular complexity index is 524. The predicted molar refractivity (Wildman–Crippen MR) is 84.6 cm³/mol. The van der Waals surface area contributed by atoms with Crippen LogP contribution < -0.4 is 5.32 Å². The van der Waals surface area contributed by atoms with Gasteiger partial charge in [0.15, 0.2) is 0 Å². The van der Waals surface area contributed by atoms with Gasteiger partial charge in [-0.05, 0) is 12.0 Å². The van der Waals surface area contributed by atoms with Crippen LogP contribution in [0.3, 0.4) is 0 Å². The number of rotatable bonds is 6. The summed E-state index contributed by atoms with van der Waals surface area (Å²) < 4.78 is 18.9. The molecule has 1 saturated heterocycles. The summed E-state index contributed by atoms with van der Waals surface area (Å²) in [5.41, 5.74) is 0.848. The number of ether oxygens (including phenoxy) is 1. The molecule has 1 aromatic rings. The summed E-state index contributed by atoms with van der Waals surface area (Å²) in [5.74, 6) is -0.310. The highest BCUT2D eigenvalue weighted by Crippen LogP contribution is 2.22. The Kier molecular flexibility index (Phi) is 6.38. The van der Waals surface area contributed by atoms with Gasteiger partial charge in [-0.2, -0.15) is 0 Å². The second-order valence-electron chi connectivity index (χ2n) is 5.69. The lowest BCUT2D eigenvalue weighted by atomic mass is 10.2. The number of benzene rings is 1. The Balaban J connectivity index is 1.90. The van der Waals surface area contributed by atoms with Gasteiger partial charge in [-0.25, -0.2) is 9.18 Å². The third kappa shape index (κ3) is 4.94. The third-order valence-electron chi connectivity index (χ3n) is 3.82. The van der Waals surface area contributed by atoms with Gasteiger partial charge in [-0.15, -0.1) is 0 Å². The molecule has 1 aliphatic heterocycles. The summed E-state index contributed by atoms with van der Waals surface area (Å²) >= 11 is 0. The molecule has 1 aliphatic rings. The fraction of sp³-hybridized carbons (Fsp3) is 0.529. The lowest BCUT2D eigenvalue weighted by Gasteiger charge is -2.23. The maximum atomic E-state index is 13.7. The van der Waals surface area contributed by atoms with Crippen LogP contribution in [-0.2, 0) is 16.1 Å². The number of nitrogens with one attached hydrogen (secondary N) is 1. The van der Waals surface area contributed by atoms with Crippen molar-refractivity contribution in [3.8, 4) is 0 Å². The zero-order chi connectivity index (χ0) is 16.7. The lowest BCUT2D eigenvalue weighted by Crippen LogP contribution is -2.46. The molecule has 2 rings (SSSR count). The number of hydrogen-bond donors (Lipinski definition) is 1. The van der Waals surface area contributed by atoms with E-state index >= 15 is 0 Å². The number of carbonyl (C=O) groups is 2. The first-order valence-corrected chi connectivity index (χ1v) is 8.01. The Morgan fingerprint density at radius 1 is 1.35 bits per heavy atom. The van der Waals surface area contributed by atoms with Crippen LogP contribution >= 0.6 is 0 Å². The summed E-state index contributed by atoms with van der Waals surface area (Å²) in [4.78, 5) is 25.5. The first kappa shape index (κ1) is 17.2. The van der Waals surface area contributed by atoms with Gasteiger partial charge in [0.25, 0.3) is 0 Å². The van der Waals surface area contributed by atoms with Crippen LogP contribution in [0.25, 0.3) is 0 Å². The van der Waals surface area contributed by atoms with E-state index < -0.39 is 18.3 Å². The molecule has 1 aromatic carbocycles. The summed E-state index contributed by atoms with van der Waals surface area (Å²) in [6, 6.07) is 8.45. The molecule has 0 radical (unpaired) electrons. The molecular weight excluding hydrogens is 299 g/mol. The highest BCUT2D eigenvalue weighted by Gasteiger charge is 2.40. The van der Waals surface area contributed by atoms with E-state index in [-0.39, 0.29) is 25.5 Å². The SMILES string of the molecule is CCCCNC(=O)[C@@H]1C[C@H](F)CN1C(=O)OCc1ccccc1. The number of likely N-dealkylation sites (tertiary alicyclic amines) is 1. The highest BCUT2D eigenvalue weighted by atomic mass is 19.1. The van der Waals surface area contributed by atoms with Crippen molar-refractivity contribution in [2.45, 2.75) is 45.0 Å². The monoisotopic (exact) mass is 322 g/mol. The Morgan fingerprint density at radius 3 is 2.78 bits per heavy atom. The van der Waals surface area contributed by atoms with Crippen LogP contribution in [0.4, 0.5) is 9.18 Å². The molecule has 23 heavy (non-hydrogen) atoms. The molecule has 0 bridgehead atoms. The minimum absolute atomic E-state index is 0.0262. The van der Waals surface area contributed by atoms with E-state index in [4.69, 9.17) is 4.74 Å². The maximum Gasteiger partial charge on any atom is 0.410 e. The largest absolute Gasteiger partial charge is 0.445 e. The highest BCUT2D eigenvalue weighted by molar-refractivity contribution is 5.86. The number of alkyl halides is 1.